The van der Waals surface area contributed by atoms with Crippen molar-refractivity contribution in [3.8, 4) is 0 Å². The number of ether oxygens (including phenoxy) is 1. The maximum atomic E-state index is 12.4. The number of halogens is 1. The summed E-state index contributed by atoms with van der Waals surface area (Å²) in [5, 5.41) is 8.39. The van der Waals surface area contributed by atoms with Crippen molar-refractivity contribution in [2.24, 2.45) is 0 Å². The minimum atomic E-state index is -0.280. The lowest BCUT2D eigenvalue weighted by Crippen LogP contribution is -2.35. The Morgan fingerprint density at radius 3 is 2.43 bits per heavy atom. The van der Waals surface area contributed by atoms with E-state index in [9.17, 15) is 9.59 Å². The van der Waals surface area contributed by atoms with Crippen LogP contribution in [-0.2, 0) is 4.74 Å². The molecule has 0 saturated carbocycles. The summed E-state index contributed by atoms with van der Waals surface area (Å²) < 4.78 is 5.47. The van der Waals surface area contributed by atoms with Gasteiger partial charge in [-0.15, -0.1) is 12.4 Å². The van der Waals surface area contributed by atoms with E-state index in [1.54, 1.807) is 36.4 Å². The Morgan fingerprint density at radius 1 is 1.11 bits per heavy atom. The normalized spacial score (nSPS) is 15.4. The summed E-state index contributed by atoms with van der Waals surface area (Å²) in [6, 6.07) is 11.9. The Balaban J connectivity index is 0.00000280. The standard InChI is InChI=1S/C20H24N4O3.ClH/c1-13-4-5-14(21)11-18(13)19(25)23-15-6-8-16(9-7-15)24-20(26)22-12-17-3-2-10-27-17;/h4-9,11,17H,2-3,10,12,21H2,1H3,(H,23,25)(H2,22,24,26);1H. The van der Waals surface area contributed by atoms with E-state index < -0.39 is 0 Å². The summed E-state index contributed by atoms with van der Waals surface area (Å²) in [5.41, 5.74) is 8.95. The number of carbonyl (C=O) groups is 2. The first-order valence-corrected chi connectivity index (χ1v) is 8.95. The monoisotopic (exact) mass is 404 g/mol. The van der Waals surface area contributed by atoms with Gasteiger partial charge in [-0.3, -0.25) is 4.79 Å². The number of rotatable bonds is 5. The number of benzene rings is 2. The molecule has 1 heterocycles. The van der Waals surface area contributed by atoms with Crippen LogP contribution in [0.2, 0.25) is 0 Å². The van der Waals surface area contributed by atoms with E-state index >= 15 is 0 Å². The molecule has 8 heteroatoms. The zero-order valence-corrected chi connectivity index (χ0v) is 16.5. The summed E-state index contributed by atoms with van der Waals surface area (Å²) in [5.74, 6) is -0.227. The average molecular weight is 405 g/mol. The molecule has 5 N–H and O–H groups in total. The summed E-state index contributed by atoms with van der Waals surface area (Å²) in [4.78, 5) is 24.3. The first-order valence-electron chi connectivity index (χ1n) is 8.95. The molecule has 3 rings (SSSR count). The van der Waals surface area contributed by atoms with E-state index in [1.807, 2.05) is 13.0 Å². The maximum absolute atomic E-state index is 12.4. The number of aryl methyl sites for hydroxylation is 1. The van der Waals surface area contributed by atoms with Gasteiger partial charge in [0, 0.05) is 35.8 Å². The fraction of sp³-hybridized carbons (Fsp3) is 0.300. The first-order chi connectivity index (χ1) is 13.0. The minimum absolute atomic E-state index is 0. The summed E-state index contributed by atoms with van der Waals surface area (Å²) in [6.45, 7) is 3.12. The quantitative estimate of drug-likeness (QED) is 0.572. The molecule has 1 aliphatic rings. The zero-order chi connectivity index (χ0) is 19.2. The van der Waals surface area contributed by atoms with Gasteiger partial charge in [-0.2, -0.15) is 0 Å². The molecule has 2 aromatic carbocycles. The summed E-state index contributed by atoms with van der Waals surface area (Å²) >= 11 is 0. The lowest BCUT2D eigenvalue weighted by atomic mass is 10.1. The van der Waals surface area contributed by atoms with Crippen LogP contribution in [0.15, 0.2) is 42.5 Å². The van der Waals surface area contributed by atoms with Crippen LogP contribution in [0.1, 0.15) is 28.8 Å². The van der Waals surface area contributed by atoms with Crippen LogP contribution in [-0.4, -0.2) is 31.2 Å². The van der Waals surface area contributed by atoms with Gasteiger partial charge in [0.2, 0.25) is 0 Å². The van der Waals surface area contributed by atoms with Gasteiger partial charge in [0.15, 0.2) is 0 Å². The number of hydrogen-bond donors (Lipinski definition) is 4. The molecule has 1 atom stereocenters. The molecule has 0 aliphatic carbocycles. The van der Waals surface area contributed by atoms with Gasteiger partial charge in [0.25, 0.3) is 5.91 Å². The molecule has 0 bridgehead atoms. The van der Waals surface area contributed by atoms with Crippen molar-refractivity contribution in [3.05, 3.63) is 53.6 Å². The van der Waals surface area contributed by atoms with Crippen LogP contribution < -0.4 is 21.7 Å². The number of hydrogen-bond acceptors (Lipinski definition) is 4. The Morgan fingerprint density at radius 2 is 1.79 bits per heavy atom. The van der Waals surface area contributed by atoms with Crippen molar-refractivity contribution in [2.75, 3.05) is 29.5 Å². The summed E-state index contributed by atoms with van der Waals surface area (Å²) in [7, 11) is 0. The Kier molecular flexibility index (Phi) is 7.66. The van der Waals surface area contributed by atoms with E-state index in [0.29, 0.717) is 29.2 Å². The second-order valence-corrected chi connectivity index (χ2v) is 6.58. The van der Waals surface area contributed by atoms with E-state index in [1.165, 1.54) is 0 Å². The SMILES string of the molecule is Cc1ccc(N)cc1C(=O)Nc1ccc(NC(=O)NCC2CCCO2)cc1.Cl. The van der Waals surface area contributed by atoms with Gasteiger partial charge in [0.1, 0.15) is 0 Å². The third kappa shape index (κ3) is 5.87. The highest BCUT2D eigenvalue weighted by Gasteiger charge is 2.16. The van der Waals surface area contributed by atoms with Crippen LogP contribution in [0.4, 0.5) is 21.9 Å². The molecule has 0 spiro atoms. The van der Waals surface area contributed by atoms with E-state index in [4.69, 9.17) is 10.5 Å². The van der Waals surface area contributed by atoms with Crippen molar-refractivity contribution in [3.63, 3.8) is 0 Å². The Bertz CT molecular complexity index is 821. The van der Waals surface area contributed by atoms with E-state index in [2.05, 4.69) is 16.0 Å². The van der Waals surface area contributed by atoms with Crippen molar-refractivity contribution in [1.29, 1.82) is 0 Å². The summed E-state index contributed by atoms with van der Waals surface area (Å²) in [6.07, 6.45) is 2.11. The molecular formula is C20H25ClN4O3. The van der Waals surface area contributed by atoms with Gasteiger partial charge in [-0.1, -0.05) is 6.07 Å². The smallest absolute Gasteiger partial charge is 0.319 e. The van der Waals surface area contributed by atoms with Gasteiger partial charge in [0.05, 0.1) is 6.10 Å². The van der Waals surface area contributed by atoms with E-state index in [0.717, 1.165) is 25.0 Å². The molecular weight excluding hydrogens is 380 g/mol. The molecule has 3 amide bonds. The predicted molar refractivity (Wildman–Crippen MR) is 113 cm³/mol. The maximum Gasteiger partial charge on any atom is 0.319 e. The number of nitrogens with one attached hydrogen (secondary N) is 3. The fourth-order valence-corrected chi connectivity index (χ4v) is 2.91. The van der Waals surface area contributed by atoms with Crippen LogP contribution >= 0.6 is 12.4 Å². The largest absolute Gasteiger partial charge is 0.399 e. The second-order valence-electron chi connectivity index (χ2n) is 6.58. The second kappa shape index (κ2) is 9.96. The first kappa shape index (κ1) is 21.5. The van der Waals surface area contributed by atoms with Gasteiger partial charge in [-0.25, -0.2) is 4.79 Å². The van der Waals surface area contributed by atoms with Crippen LogP contribution in [0, 0.1) is 6.92 Å². The van der Waals surface area contributed by atoms with Gasteiger partial charge in [-0.05, 0) is 61.7 Å². The molecule has 7 nitrogen and oxygen atoms in total. The molecule has 150 valence electrons. The lowest BCUT2D eigenvalue weighted by molar-refractivity contribution is 0.102. The molecule has 28 heavy (non-hydrogen) atoms. The number of anilines is 3. The highest BCUT2D eigenvalue weighted by atomic mass is 35.5. The number of nitrogen functional groups attached to an aromatic ring is 1. The van der Waals surface area contributed by atoms with Gasteiger partial charge < -0.3 is 26.4 Å². The Labute approximate surface area is 170 Å². The van der Waals surface area contributed by atoms with Crippen molar-refractivity contribution < 1.29 is 14.3 Å². The topological polar surface area (TPSA) is 105 Å². The fourth-order valence-electron chi connectivity index (χ4n) is 2.91. The number of urea groups is 1. The molecule has 1 aliphatic heterocycles. The third-order valence-corrected chi connectivity index (χ3v) is 4.42. The highest BCUT2D eigenvalue weighted by Crippen LogP contribution is 2.17. The number of amides is 3. The molecule has 1 fully saturated rings. The lowest BCUT2D eigenvalue weighted by Gasteiger charge is -2.12. The molecule has 0 radical (unpaired) electrons. The predicted octanol–water partition coefficient (Wildman–Crippen LogP) is 3.55. The molecule has 2 aromatic rings. The third-order valence-electron chi connectivity index (χ3n) is 4.42. The van der Waals surface area contributed by atoms with Crippen LogP contribution in [0.25, 0.3) is 0 Å². The molecule has 0 aromatic heterocycles. The molecule has 1 saturated heterocycles. The van der Waals surface area contributed by atoms with Gasteiger partial charge >= 0.3 is 6.03 Å². The van der Waals surface area contributed by atoms with Crippen LogP contribution in [0.3, 0.4) is 0 Å². The molecule has 1 unspecified atom stereocenters. The highest BCUT2D eigenvalue weighted by molar-refractivity contribution is 6.06. The van der Waals surface area contributed by atoms with Crippen molar-refractivity contribution in [2.45, 2.75) is 25.9 Å². The van der Waals surface area contributed by atoms with Crippen molar-refractivity contribution >= 4 is 41.4 Å². The zero-order valence-electron chi connectivity index (χ0n) is 15.7. The Hall–Kier alpha value is -2.77. The average Bonchev–Trinajstić information content (AvgIpc) is 3.17. The van der Waals surface area contributed by atoms with E-state index in [-0.39, 0.29) is 30.4 Å². The minimum Gasteiger partial charge on any atom is -0.399 e. The number of carbonyl (C=O) groups excluding carboxylic acids is 2. The van der Waals surface area contributed by atoms with Crippen molar-refractivity contribution in [1.82, 2.24) is 5.32 Å². The number of nitrogens with two attached hydrogens (primary N) is 1. The van der Waals surface area contributed by atoms with Crippen LogP contribution in [0.5, 0.6) is 0 Å².